The number of ether oxygens (including phenoxy) is 1. The van der Waals surface area contributed by atoms with Gasteiger partial charge in [-0.05, 0) is 50.7 Å². The van der Waals surface area contributed by atoms with E-state index in [1.54, 1.807) is 7.05 Å². The normalized spacial score (nSPS) is 16.2. The molecule has 164 valence electrons. The fraction of sp³-hybridized carbons (Fsp3) is 0.417. The third kappa shape index (κ3) is 2.82. The number of benzene rings is 1. The molecule has 0 bridgehead atoms. The largest absolute Gasteiger partial charge is 0.489 e. The average Bonchev–Trinajstić information content (AvgIpc) is 3.36. The van der Waals surface area contributed by atoms with E-state index in [1.165, 1.54) is 18.1 Å². The molecule has 1 saturated carbocycles. The Bertz CT molecular complexity index is 1370. The minimum absolute atomic E-state index is 0.140. The highest BCUT2D eigenvalue weighted by molar-refractivity contribution is 5.80. The molecule has 0 unspecified atom stereocenters. The number of rotatable bonds is 4. The number of fused-ring (bicyclic) bond motifs is 2. The van der Waals surface area contributed by atoms with E-state index in [4.69, 9.17) is 19.1 Å². The second-order valence-corrected chi connectivity index (χ2v) is 8.66. The number of para-hydroxylation sites is 2. The molecule has 6 rings (SSSR count). The molecule has 1 aromatic carbocycles. The summed E-state index contributed by atoms with van der Waals surface area (Å²) in [6.07, 6.45) is 7.30. The number of imidazole rings is 1. The van der Waals surface area contributed by atoms with E-state index in [0.29, 0.717) is 29.3 Å². The summed E-state index contributed by atoms with van der Waals surface area (Å²) in [6.45, 7) is 0. The summed E-state index contributed by atoms with van der Waals surface area (Å²) in [6, 6.07) is 8.43. The van der Waals surface area contributed by atoms with E-state index in [-0.39, 0.29) is 11.3 Å². The third-order valence-electron chi connectivity index (χ3n) is 6.74. The number of aromatic nitrogens is 5. The summed E-state index contributed by atoms with van der Waals surface area (Å²) in [7, 11) is 3.19. The van der Waals surface area contributed by atoms with Gasteiger partial charge in [-0.3, -0.25) is 9.36 Å². The average molecular weight is 431 g/mol. The Morgan fingerprint density at radius 2 is 1.84 bits per heavy atom. The van der Waals surface area contributed by atoms with Gasteiger partial charge >= 0.3 is 0 Å². The Kier molecular flexibility index (Phi) is 4.41. The number of methoxy groups -OCH3 is 1. The maximum atomic E-state index is 13.3. The Labute approximate surface area is 184 Å². The molecule has 3 heterocycles. The van der Waals surface area contributed by atoms with Crippen LogP contribution in [0.1, 0.15) is 49.6 Å². The van der Waals surface area contributed by atoms with Crippen molar-refractivity contribution in [1.82, 2.24) is 24.1 Å². The predicted molar refractivity (Wildman–Crippen MR) is 120 cm³/mol. The zero-order valence-electron chi connectivity index (χ0n) is 18.3. The van der Waals surface area contributed by atoms with Gasteiger partial charge in [-0.15, -0.1) is 0 Å². The minimum atomic E-state index is -0.282. The molecule has 8 heteroatoms. The van der Waals surface area contributed by atoms with Crippen molar-refractivity contribution >= 4 is 11.0 Å². The van der Waals surface area contributed by atoms with Crippen molar-refractivity contribution in [3.05, 3.63) is 46.1 Å². The molecule has 3 aromatic heterocycles. The van der Waals surface area contributed by atoms with E-state index >= 15 is 0 Å². The molecule has 0 N–H and O–H groups in total. The molecule has 0 spiro atoms. The van der Waals surface area contributed by atoms with Crippen LogP contribution < -0.4 is 10.3 Å². The van der Waals surface area contributed by atoms with E-state index < -0.39 is 0 Å². The van der Waals surface area contributed by atoms with Crippen LogP contribution in [0.3, 0.4) is 0 Å². The highest BCUT2D eigenvalue weighted by Gasteiger charge is 2.30. The second-order valence-electron chi connectivity index (χ2n) is 8.66. The van der Waals surface area contributed by atoms with Gasteiger partial charge in [0.05, 0.1) is 23.8 Å². The highest BCUT2D eigenvalue weighted by Crippen LogP contribution is 2.39. The highest BCUT2D eigenvalue weighted by atomic mass is 16.5. The lowest BCUT2D eigenvalue weighted by atomic mass is 9.92. The van der Waals surface area contributed by atoms with Crippen molar-refractivity contribution in [3.63, 3.8) is 0 Å². The van der Waals surface area contributed by atoms with Crippen molar-refractivity contribution < 1.29 is 9.15 Å². The first kappa shape index (κ1) is 19.3. The number of nitrogens with zero attached hydrogens (tertiary/aromatic N) is 5. The molecule has 8 nitrogen and oxygen atoms in total. The molecular weight excluding hydrogens is 406 g/mol. The zero-order chi connectivity index (χ0) is 21.8. The van der Waals surface area contributed by atoms with Gasteiger partial charge in [0.2, 0.25) is 11.6 Å². The molecule has 0 saturated heterocycles. The molecule has 0 atom stereocenters. The van der Waals surface area contributed by atoms with Crippen LogP contribution in [0.4, 0.5) is 0 Å². The number of aryl methyl sites for hydroxylation is 2. The molecule has 32 heavy (non-hydrogen) atoms. The molecular formula is C24H25N5O3. The van der Waals surface area contributed by atoms with Crippen molar-refractivity contribution in [2.45, 2.75) is 51.0 Å². The van der Waals surface area contributed by atoms with Crippen LogP contribution in [0.5, 0.6) is 5.75 Å². The molecule has 0 amide bonds. The second kappa shape index (κ2) is 7.32. The first-order valence-corrected chi connectivity index (χ1v) is 11.3. The Balaban J connectivity index is 1.60. The van der Waals surface area contributed by atoms with Gasteiger partial charge in [0.25, 0.3) is 5.56 Å². The summed E-state index contributed by atoms with van der Waals surface area (Å²) in [5.74, 6) is 2.56. The predicted octanol–water partition coefficient (Wildman–Crippen LogP) is 4.06. The van der Waals surface area contributed by atoms with E-state index in [1.807, 2.05) is 18.2 Å². The van der Waals surface area contributed by atoms with Crippen LogP contribution >= 0.6 is 0 Å². The summed E-state index contributed by atoms with van der Waals surface area (Å²) in [5.41, 5.74) is 2.97. The number of hydrogen-bond acceptors (Lipinski definition) is 6. The quantitative estimate of drug-likeness (QED) is 0.484. The van der Waals surface area contributed by atoms with Gasteiger partial charge in [-0.1, -0.05) is 12.1 Å². The fourth-order valence-electron chi connectivity index (χ4n) is 4.78. The van der Waals surface area contributed by atoms with Crippen LogP contribution in [0.25, 0.3) is 34.3 Å². The van der Waals surface area contributed by atoms with E-state index in [0.717, 1.165) is 61.0 Å². The van der Waals surface area contributed by atoms with E-state index in [2.05, 4.69) is 15.6 Å². The monoisotopic (exact) mass is 431 g/mol. The Morgan fingerprint density at radius 3 is 2.59 bits per heavy atom. The Morgan fingerprint density at radius 1 is 1.03 bits per heavy atom. The molecule has 0 aliphatic heterocycles. The van der Waals surface area contributed by atoms with Crippen LogP contribution in [0.2, 0.25) is 0 Å². The van der Waals surface area contributed by atoms with E-state index in [9.17, 15) is 4.79 Å². The maximum Gasteiger partial charge on any atom is 0.296 e. The number of oxazole rings is 1. The lowest BCUT2D eigenvalue weighted by molar-refractivity contribution is 0.322. The van der Waals surface area contributed by atoms with Crippen molar-refractivity contribution in [2.75, 3.05) is 7.11 Å². The summed E-state index contributed by atoms with van der Waals surface area (Å²) < 4.78 is 15.3. The standard InChI is InChI=1S/C24H25N5O3/c1-28-21(22-25-15-10-3-5-12-17(15)29(22)14-8-7-9-14)27-19(20(31-2)24(28)30)23-26-16-11-4-6-13-18(16)32-23/h3,5,10,12,14H,4,6-9,11,13H2,1-2H3. The fourth-order valence-corrected chi connectivity index (χ4v) is 4.78. The van der Waals surface area contributed by atoms with Crippen LogP contribution in [-0.4, -0.2) is 31.2 Å². The molecule has 1 fully saturated rings. The number of hydrogen-bond donors (Lipinski definition) is 0. The third-order valence-corrected chi connectivity index (χ3v) is 6.74. The first-order chi connectivity index (χ1) is 15.7. The van der Waals surface area contributed by atoms with Crippen LogP contribution in [0, 0.1) is 0 Å². The van der Waals surface area contributed by atoms with Crippen molar-refractivity contribution in [1.29, 1.82) is 0 Å². The van der Waals surface area contributed by atoms with Gasteiger partial charge < -0.3 is 13.7 Å². The minimum Gasteiger partial charge on any atom is -0.489 e. The summed E-state index contributed by atoms with van der Waals surface area (Å²) in [4.78, 5) is 27.8. The molecule has 0 radical (unpaired) electrons. The first-order valence-electron chi connectivity index (χ1n) is 11.3. The van der Waals surface area contributed by atoms with Gasteiger partial charge in [0.15, 0.2) is 17.3 Å². The lowest BCUT2D eigenvalue weighted by Crippen LogP contribution is -2.25. The molecule has 4 aromatic rings. The van der Waals surface area contributed by atoms with Gasteiger partial charge in [-0.25, -0.2) is 15.0 Å². The van der Waals surface area contributed by atoms with Gasteiger partial charge in [-0.2, -0.15) is 0 Å². The molecule has 2 aliphatic rings. The smallest absolute Gasteiger partial charge is 0.296 e. The summed E-state index contributed by atoms with van der Waals surface area (Å²) >= 11 is 0. The summed E-state index contributed by atoms with van der Waals surface area (Å²) in [5, 5.41) is 0. The van der Waals surface area contributed by atoms with Crippen LogP contribution in [-0.2, 0) is 19.9 Å². The Hall–Kier alpha value is -3.42. The molecule has 2 aliphatic carbocycles. The topological polar surface area (TPSA) is 88.0 Å². The maximum absolute atomic E-state index is 13.3. The zero-order valence-corrected chi connectivity index (χ0v) is 18.3. The lowest BCUT2D eigenvalue weighted by Gasteiger charge is -2.29. The van der Waals surface area contributed by atoms with Crippen molar-refractivity contribution in [2.24, 2.45) is 7.05 Å². The van der Waals surface area contributed by atoms with Crippen molar-refractivity contribution in [3.8, 4) is 29.0 Å². The van der Waals surface area contributed by atoms with Gasteiger partial charge in [0, 0.05) is 19.5 Å². The van der Waals surface area contributed by atoms with Gasteiger partial charge in [0.1, 0.15) is 5.76 Å². The van der Waals surface area contributed by atoms with Crippen LogP contribution in [0.15, 0.2) is 33.5 Å². The SMILES string of the molecule is COc1c(-c2nc3c(o2)CCCC3)nc(-c2nc3ccccc3n2C2CCC2)n(C)c1=O.